The Labute approximate surface area is 129 Å². The number of allylic oxidation sites excluding steroid dienone is 6. The predicted octanol–water partition coefficient (Wildman–Crippen LogP) is 3.91. The van der Waals surface area contributed by atoms with E-state index in [9.17, 15) is 0 Å². The molecule has 3 nitrogen and oxygen atoms in total. The Morgan fingerprint density at radius 2 is 1.95 bits per heavy atom. The van der Waals surface area contributed by atoms with Gasteiger partial charge in [-0.2, -0.15) is 0 Å². The average Bonchev–Trinajstić information content (AvgIpc) is 2.93. The molecule has 0 fully saturated rings. The summed E-state index contributed by atoms with van der Waals surface area (Å²) in [6, 6.07) is 7.74. The summed E-state index contributed by atoms with van der Waals surface area (Å²) in [6.45, 7) is 0.532. The van der Waals surface area contributed by atoms with E-state index in [4.69, 9.17) is 33.7 Å². The molecule has 20 heavy (non-hydrogen) atoms. The van der Waals surface area contributed by atoms with Crippen molar-refractivity contribution in [1.29, 1.82) is 0 Å². The fourth-order valence-electron chi connectivity index (χ4n) is 1.96. The lowest BCUT2D eigenvalue weighted by Crippen LogP contribution is -1.98. The van der Waals surface area contributed by atoms with E-state index in [1.165, 1.54) is 0 Å². The van der Waals surface area contributed by atoms with E-state index in [1.807, 2.05) is 42.5 Å². The van der Waals surface area contributed by atoms with Gasteiger partial charge in [0.15, 0.2) is 0 Å². The van der Waals surface area contributed by atoms with E-state index in [2.05, 4.69) is 0 Å². The molecule has 0 aromatic heterocycles. The first-order valence-corrected chi connectivity index (χ1v) is 6.74. The molecule has 0 aliphatic heterocycles. The zero-order chi connectivity index (χ0) is 13.8. The lowest BCUT2D eigenvalue weighted by atomic mass is 10.2. The van der Waals surface area contributed by atoms with Gasteiger partial charge in [0.2, 0.25) is 0 Å². The van der Waals surface area contributed by atoms with E-state index in [0.717, 1.165) is 27.5 Å². The third-order valence-corrected chi connectivity index (χ3v) is 3.82. The number of hydrogen-bond acceptors (Lipinski definition) is 3. The molecule has 5 heteroatoms. The first-order valence-electron chi connectivity index (χ1n) is 5.92. The summed E-state index contributed by atoms with van der Waals surface area (Å²) in [4.78, 5) is 0. The number of ether oxygens (including phenoxy) is 1. The maximum absolute atomic E-state index is 5.90. The van der Waals surface area contributed by atoms with Crippen LogP contribution in [0.4, 0.5) is 0 Å². The molecule has 5 N–H and O–H groups in total. The molecule has 0 saturated carbocycles. The molecule has 2 aliphatic carbocycles. The number of methoxy groups -OCH3 is 1. The van der Waals surface area contributed by atoms with Crippen molar-refractivity contribution in [2.24, 2.45) is 5.73 Å². The van der Waals surface area contributed by atoms with Crippen LogP contribution >= 0.6 is 23.2 Å². The normalized spacial score (nSPS) is 18.2. The average molecular weight is 313 g/mol. The summed E-state index contributed by atoms with van der Waals surface area (Å²) in [6.07, 6.45) is 5.88. The molecule has 1 atom stereocenters. The Hall–Kier alpha value is -1.26. The molecule has 3 rings (SSSR count). The van der Waals surface area contributed by atoms with Crippen LogP contribution < -0.4 is 16.6 Å². The molecular weight excluding hydrogens is 295 g/mol. The number of rotatable bonds is 2. The SMILES string of the molecule is COc1ccccc1CN.ClC1=C2C=CC(=C1)C2Cl.N. The van der Waals surface area contributed by atoms with E-state index in [-0.39, 0.29) is 11.5 Å². The largest absolute Gasteiger partial charge is 0.496 e. The molecule has 0 amide bonds. The van der Waals surface area contributed by atoms with Crippen molar-refractivity contribution >= 4 is 23.2 Å². The zero-order valence-corrected chi connectivity index (χ0v) is 12.8. The van der Waals surface area contributed by atoms with Gasteiger partial charge >= 0.3 is 0 Å². The summed E-state index contributed by atoms with van der Waals surface area (Å²) < 4.78 is 5.06. The highest BCUT2D eigenvalue weighted by Crippen LogP contribution is 2.38. The van der Waals surface area contributed by atoms with E-state index >= 15 is 0 Å². The second-order valence-electron chi connectivity index (χ2n) is 4.16. The minimum Gasteiger partial charge on any atom is -0.496 e. The number of para-hydroxylation sites is 1. The first kappa shape index (κ1) is 16.8. The van der Waals surface area contributed by atoms with Gasteiger partial charge in [-0.1, -0.05) is 42.0 Å². The van der Waals surface area contributed by atoms with Crippen molar-refractivity contribution in [3.05, 3.63) is 64.2 Å². The molecule has 2 aliphatic rings. The number of nitrogens with two attached hydrogens (primary N) is 1. The summed E-state index contributed by atoms with van der Waals surface area (Å²) in [5, 5.41) is 0.838. The van der Waals surface area contributed by atoms with Crippen LogP contribution in [0.5, 0.6) is 5.75 Å². The maximum atomic E-state index is 5.90. The summed E-state index contributed by atoms with van der Waals surface area (Å²) in [7, 11) is 1.65. The van der Waals surface area contributed by atoms with Crippen molar-refractivity contribution < 1.29 is 4.74 Å². The van der Waals surface area contributed by atoms with Crippen LogP contribution in [0.25, 0.3) is 0 Å². The molecule has 0 saturated heterocycles. The standard InChI is InChI=1S/C8H11NO.C7H4Cl2.H3N/c1-10-8-5-3-2-4-7(8)6-9;8-6-3-4-1-2-5(6)7(4)9;/h2-5H,6,9H2,1H3;1-3,7H;1H3. The molecular formula is C15H18Cl2N2O. The number of hydrogen-bond donors (Lipinski definition) is 2. The fraction of sp³-hybridized carbons (Fsp3) is 0.200. The number of fused-ring (bicyclic) bond motifs is 2. The van der Waals surface area contributed by atoms with Crippen LogP contribution in [-0.4, -0.2) is 12.5 Å². The fourth-order valence-corrected chi connectivity index (χ4v) is 2.64. The van der Waals surface area contributed by atoms with Crippen molar-refractivity contribution in [3.63, 3.8) is 0 Å². The van der Waals surface area contributed by atoms with Gasteiger partial charge < -0.3 is 16.6 Å². The third-order valence-electron chi connectivity index (χ3n) is 3.00. The number of halogens is 2. The second kappa shape index (κ2) is 7.50. The molecule has 0 radical (unpaired) electrons. The topological polar surface area (TPSA) is 70.2 Å². The smallest absolute Gasteiger partial charge is 0.123 e. The van der Waals surface area contributed by atoms with Crippen molar-refractivity contribution in [3.8, 4) is 5.75 Å². The summed E-state index contributed by atoms with van der Waals surface area (Å²) in [5.41, 5.74) is 8.66. The Morgan fingerprint density at radius 1 is 1.25 bits per heavy atom. The lowest BCUT2D eigenvalue weighted by Gasteiger charge is -2.03. The van der Waals surface area contributed by atoms with Gasteiger partial charge in [0.05, 0.1) is 12.5 Å². The highest BCUT2D eigenvalue weighted by molar-refractivity contribution is 6.35. The molecule has 1 unspecified atom stereocenters. The summed E-state index contributed by atoms with van der Waals surface area (Å²) in [5.74, 6) is 0.866. The monoisotopic (exact) mass is 312 g/mol. The maximum Gasteiger partial charge on any atom is 0.123 e. The van der Waals surface area contributed by atoms with Crippen molar-refractivity contribution in [2.75, 3.05) is 7.11 Å². The second-order valence-corrected chi connectivity index (χ2v) is 5.00. The number of benzene rings is 1. The highest BCUT2D eigenvalue weighted by atomic mass is 35.5. The third kappa shape index (κ3) is 3.44. The molecule has 0 spiro atoms. The van der Waals surface area contributed by atoms with E-state index in [1.54, 1.807) is 7.11 Å². The summed E-state index contributed by atoms with van der Waals surface area (Å²) >= 11 is 11.7. The molecule has 108 valence electrons. The molecule has 2 bridgehead atoms. The lowest BCUT2D eigenvalue weighted by molar-refractivity contribution is 0.410. The van der Waals surface area contributed by atoms with Gasteiger partial charge in [0, 0.05) is 17.1 Å². The Balaban J connectivity index is 0.000000191. The van der Waals surface area contributed by atoms with E-state index in [0.29, 0.717) is 6.54 Å². The van der Waals surface area contributed by atoms with Crippen molar-refractivity contribution in [2.45, 2.75) is 11.9 Å². The van der Waals surface area contributed by atoms with Gasteiger partial charge in [-0.15, -0.1) is 11.6 Å². The van der Waals surface area contributed by atoms with Crippen LogP contribution in [0, 0.1) is 0 Å². The van der Waals surface area contributed by atoms with E-state index < -0.39 is 0 Å². The first-order chi connectivity index (χ1) is 9.17. The van der Waals surface area contributed by atoms with Gasteiger partial charge in [0.1, 0.15) is 5.75 Å². The zero-order valence-electron chi connectivity index (χ0n) is 11.3. The highest BCUT2D eigenvalue weighted by Gasteiger charge is 2.26. The van der Waals surface area contributed by atoms with Gasteiger partial charge in [-0.3, -0.25) is 0 Å². The predicted molar refractivity (Wildman–Crippen MR) is 85.7 cm³/mol. The van der Waals surface area contributed by atoms with Crippen LogP contribution in [0.2, 0.25) is 0 Å². The van der Waals surface area contributed by atoms with Gasteiger partial charge in [-0.25, -0.2) is 0 Å². The quantitative estimate of drug-likeness (QED) is 0.813. The Morgan fingerprint density at radius 3 is 2.30 bits per heavy atom. The molecule has 1 aromatic rings. The van der Waals surface area contributed by atoms with Crippen LogP contribution in [0.3, 0.4) is 0 Å². The van der Waals surface area contributed by atoms with Crippen LogP contribution in [0.15, 0.2) is 58.7 Å². The minimum atomic E-state index is 0. The Kier molecular flexibility index (Phi) is 6.30. The van der Waals surface area contributed by atoms with Crippen molar-refractivity contribution in [1.82, 2.24) is 6.15 Å². The number of alkyl halides is 1. The minimum absolute atomic E-state index is 0. The van der Waals surface area contributed by atoms with Gasteiger partial charge in [-0.05, 0) is 23.3 Å². The van der Waals surface area contributed by atoms with Crippen LogP contribution in [-0.2, 0) is 6.54 Å². The molecule has 0 heterocycles. The molecule has 1 aromatic carbocycles. The van der Waals surface area contributed by atoms with Gasteiger partial charge in [0.25, 0.3) is 0 Å². The Bertz CT molecular complexity index is 542. The van der Waals surface area contributed by atoms with Crippen LogP contribution in [0.1, 0.15) is 5.56 Å².